The maximum absolute atomic E-state index is 13.2. The van der Waals surface area contributed by atoms with Crippen molar-refractivity contribution in [1.29, 1.82) is 0 Å². The van der Waals surface area contributed by atoms with Crippen LogP contribution in [0.1, 0.15) is 32.8 Å². The summed E-state index contributed by atoms with van der Waals surface area (Å²) >= 11 is 0. The van der Waals surface area contributed by atoms with Crippen molar-refractivity contribution in [2.75, 3.05) is 26.2 Å². The molecule has 1 saturated carbocycles. The molecule has 1 aromatic rings. The van der Waals surface area contributed by atoms with Gasteiger partial charge in [-0.05, 0) is 42.9 Å². The fourth-order valence-corrected chi connectivity index (χ4v) is 5.08. The number of fused-ring (bicyclic) bond motifs is 5. The number of amides is 2. The van der Waals surface area contributed by atoms with Crippen molar-refractivity contribution in [1.82, 2.24) is 15.5 Å². The van der Waals surface area contributed by atoms with E-state index in [2.05, 4.69) is 41.6 Å². The molecule has 1 saturated heterocycles. The van der Waals surface area contributed by atoms with Gasteiger partial charge < -0.3 is 10.6 Å². The first-order valence-electron chi connectivity index (χ1n) is 11.1. The number of nitrogens with one attached hydrogen (secondary N) is 2. The molecule has 0 spiro atoms. The lowest BCUT2D eigenvalue weighted by Crippen LogP contribution is -2.44. The molecule has 3 aliphatic rings. The van der Waals surface area contributed by atoms with Gasteiger partial charge in [-0.3, -0.25) is 19.5 Å². The summed E-state index contributed by atoms with van der Waals surface area (Å²) in [5.74, 6) is 0.507. The number of benzene rings is 1. The Kier molecular flexibility index (Phi) is 7.62. The number of hydrogen-bond acceptors (Lipinski definition) is 3. The lowest BCUT2D eigenvalue weighted by Gasteiger charge is -2.24. The number of nitrogens with zero attached hydrogens (tertiary/aromatic N) is 2. The van der Waals surface area contributed by atoms with Gasteiger partial charge in [0.15, 0.2) is 5.96 Å². The van der Waals surface area contributed by atoms with Crippen LogP contribution < -0.4 is 10.6 Å². The van der Waals surface area contributed by atoms with Crippen LogP contribution in [0.15, 0.2) is 41.4 Å². The van der Waals surface area contributed by atoms with Crippen molar-refractivity contribution in [3.05, 3.63) is 47.8 Å². The molecule has 2 amide bonds. The zero-order valence-electron chi connectivity index (χ0n) is 18.8. The van der Waals surface area contributed by atoms with Crippen LogP contribution in [0.25, 0.3) is 0 Å². The summed E-state index contributed by atoms with van der Waals surface area (Å²) in [4.78, 5) is 31.7. The number of imide groups is 1. The summed E-state index contributed by atoms with van der Waals surface area (Å²) < 4.78 is 13.2. The van der Waals surface area contributed by atoms with Crippen LogP contribution in [0.3, 0.4) is 0 Å². The SMILES string of the molecule is CCNC(=NCC(C)(C)c1ccc(F)cc1)NCCN1C(=O)C2C3C=CC(C3)C2C1=O.I. The maximum Gasteiger partial charge on any atom is 0.233 e. The van der Waals surface area contributed by atoms with E-state index >= 15 is 0 Å². The topological polar surface area (TPSA) is 73.8 Å². The summed E-state index contributed by atoms with van der Waals surface area (Å²) in [6.45, 7) is 8.11. The average Bonchev–Trinajstić information content (AvgIpc) is 3.42. The highest BCUT2D eigenvalue weighted by atomic mass is 127. The number of carbonyl (C=O) groups is 2. The quantitative estimate of drug-likeness (QED) is 0.179. The normalized spacial score (nSPS) is 26.4. The van der Waals surface area contributed by atoms with Gasteiger partial charge in [-0.2, -0.15) is 0 Å². The maximum atomic E-state index is 13.2. The van der Waals surface area contributed by atoms with Crippen LogP contribution in [-0.2, 0) is 15.0 Å². The second-order valence-electron chi connectivity index (χ2n) is 9.34. The second-order valence-corrected chi connectivity index (χ2v) is 9.34. The Morgan fingerprint density at radius 1 is 1.09 bits per heavy atom. The molecule has 2 bridgehead atoms. The minimum atomic E-state index is -0.263. The van der Waals surface area contributed by atoms with Crippen LogP contribution >= 0.6 is 24.0 Å². The first-order valence-corrected chi connectivity index (χ1v) is 11.1. The number of carbonyl (C=O) groups excluding carboxylic acids is 2. The molecule has 174 valence electrons. The summed E-state index contributed by atoms with van der Waals surface area (Å²) in [5, 5.41) is 6.45. The van der Waals surface area contributed by atoms with Crippen LogP contribution in [0.5, 0.6) is 0 Å². The van der Waals surface area contributed by atoms with Crippen LogP contribution in [0.4, 0.5) is 4.39 Å². The third-order valence-corrected chi connectivity index (χ3v) is 6.79. The molecule has 1 aromatic carbocycles. The first kappa shape index (κ1) is 24.7. The predicted molar refractivity (Wildman–Crippen MR) is 133 cm³/mol. The van der Waals surface area contributed by atoms with Crippen molar-refractivity contribution in [2.24, 2.45) is 28.7 Å². The third-order valence-electron chi connectivity index (χ3n) is 6.79. The molecule has 2 aliphatic carbocycles. The van der Waals surface area contributed by atoms with Gasteiger partial charge in [0.2, 0.25) is 11.8 Å². The number of allylic oxidation sites excluding steroid dienone is 2. The Morgan fingerprint density at radius 3 is 2.25 bits per heavy atom. The highest BCUT2D eigenvalue weighted by Crippen LogP contribution is 2.52. The summed E-state index contributed by atoms with van der Waals surface area (Å²) in [5.41, 5.74) is 0.747. The Balaban J connectivity index is 0.00000289. The van der Waals surface area contributed by atoms with E-state index in [0.717, 1.165) is 12.0 Å². The molecule has 2 N–H and O–H groups in total. The smallest absolute Gasteiger partial charge is 0.233 e. The van der Waals surface area contributed by atoms with Gasteiger partial charge in [0, 0.05) is 25.0 Å². The van der Waals surface area contributed by atoms with Gasteiger partial charge in [0.1, 0.15) is 5.82 Å². The molecular formula is C24H32FIN4O2. The Bertz CT molecular complexity index is 885. The fraction of sp³-hybridized carbons (Fsp3) is 0.542. The second kappa shape index (κ2) is 9.89. The molecule has 0 radical (unpaired) electrons. The molecule has 4 rings (SSSR count). The minimum absolute atomic E-state index is 0. The Morgan fingerprint density at radius 2 is 1.69 bits per heavy atom. The summed E-state index contributed by atoms with van der Waals surface area (Å²) in [6, 6.07) is 6.50. The standard InChI is InChI=1S/C24H31FN4O2.HI/c1-4-26-23(28-14-24(2,3)17-7-9-18(25)10-8-17)27-11-12-29-21(30)19-15-5-6-16(13-15)20(19)22(29)31;/h5-10,15-16,19-20H,4,11-14H2,1-3H3,(H2,26,27,28);1H. The molecule has 4 unspecified atom stereocenters. The number of likely N-dealkylation sites (tertiary alicyclic amines) is 1. The van der Waals surface area contributed by atoms with E-state index in [-0.39, 0.29) is 70.7 Å². The van der Waals surface area contributed by atoms with E-state index in [1.807, 2.05) is 6.92 Å². The van der Waals surface area contributed by atoms with E-state index in [1.165, 1.54) is 17.0 Å². The predicted octanol–water partition coefficient (Wildman–Crippen LogP) is 3.08. The van der Waals surface area contributed by atoms with E-state index in [9.17, 15) is 14.0 Å². The van der Waals surface area contributed by atoms with Crippen LogP contribution in [0, 0.1) is 29.5 Å². The van der Waals surface area contributed by atoms with Crippen molar-refractivity contribution in [2.45, 2.75) is 32.6 Å². The zero-order chi connectivity index (χ0) is 22.2. The Hall–Kier alpha value is -1.97. The van der Waals surface area contributed by atoms with E-state index < -0.39 is 0 Å². The molecule has 0 aromatic heterocycles. The van der Waals surface area contributed by atoms with Crippen LogP contribution in [-0.4, -0.2) is 48.9 Å². The molecule has 32 heavy (non-hydrogen) atoms. The summed E-state index contributed by atoms with van der Waals surface area (Å²) in [6.07, 6.45) is 5.16. The van der Waals surface area contributed by atoms with Crippen LogP contribution in [0.2, 0.25) is 0 Å². The Labute approximate surface area is 206 Å². The molecule has 8 heteroatoms. The summed E-state index contributed by atoms with van der Waals surface area (Å²) in [7, 11) is 0. The molecule has 2 fully saturated rings. The van der Waals surface area contributed by atoms with Gasteiger partial charge >= 0.3 is 0 Å². The van der Waals surface area contributed by atoms with Crippen molar-refractivity contribution < 1.29 is 14.0 Å². The highest BCUT2D eigenvalue weighted by molar-refractivity contribution is 14.0. The molecule has 4 atom stereocenters. The largest absolute Gasteiger partial charge is 0.357 e. The zero-order valence-corrected chi connectivity index (χ0v) is 21.1. The number of halogens is 2. The minimum Gasteiger partial charge on any atom is -0.357 e. The molecule has 1 heterocycles. The number of rotatable bonds is 7. The number of aliphatic imine (C=N–C) groups is 1. The van der Waals surface area contributed by atoms with Crippen molar-refractivity contribution in [3.63, 3.8) is 0 Å². The van der Waals surface area contributed by atoms with Gasteiger partial charge in [-0.1, -0.05) is 38.1 Å². The highest BCUT2D eigenvalue weighted by Gasteiger charge is 2.58. The number of guanidine groups is 1. The number of hydrogen-bond donors (Lipinski definition) is 2. The molecule has 1 aliphatic heterocycles. The first-order chi connectivity index (χ1) is 14.8. The van der Waals surface area contributed by atoms with E-state index in [1.54, 1.807) is 12.1 Å². The monoisotopic (exact) mass is 554 g/mol. The molecular weight excluding hydrogens is 522 g/mol. The van der Waals surface area contributed by atoms with Crippen molar-refractivity contribution >= 4 is 41.8 Å². The van der Waals surface area contributed by atoms with E-state index in [0.29, 0.717) is 32.1 Å². The fourth-order valence-electron chi connectivity index (χ4n) is 5.08. The molecule has 6 nitrogen and oxygen atoms in total. The van der Waals surface area contributed by atoms with Gasteiger partial charge in [-0.15, -0.1) is 24.0 Å². The van der Waals surface area contributed by atoms with Crippen molar-refractivity contribution in [3.8, 4) is 0 Å². The van der Waals surface area contributed by atoms with Gasteiger partial charge in [0.25, 0.3) is 0 Å². The van der Waals surface area contributed by atoms with Gasteiger partial charge in [0.05, 0.1) is 18.4 Å². The lowest BCUT2D eigenvalue weighted by atomic mass is 9.85. The van der Waals surface area contributed by atoms with Gasteiger partial charge in [-0.25, -0.2) is 4.39 Å². The van der Waals surface area contributed by atoms with E-state index in [4.69, 9.17) is 0 Å². The third kappa shape index (κ3) is 4.70. The average molecular weight is 554 g/mol. The lowest BCUT2D eigenvalue weighted by molar-refractivity contribution is -0.140.